The van der Waals surface area contributed by atoms with Crippen LogP contribution in [-0.4, -0.2) is 30.0 Å². The predicted molar refractivity (Wildman–Crippen MR) is 91.1 cm³/mol. The Morgan fingerprint density at radius 3 is 2.87 bits per heavy atom. The Hall–Kier alpha value is -2.56. The minimum Gasteiger partial charge on any atom is -0.367 e. The van der Waals surface area contributed by atoms with Gasteiger partial charge in [0.05, 0.1) is 0 Å². The average Bonchev–Trinajstić information content (AvgIpc) is 2.83. The highest BCUT2D eigenvalue weighted by Crippen LogP contribution is 2.31. The van der Waals surface area contributed by atoms with E-state index >= 15 is 0 Å². The average molecular weight is 311 g/mol. The lowest BCUT2D eigenvalue weighted by atomic mass is 10.1. The first-order valence-corrected chi connectivity index (χ1v) is 7.89. The molecule has 120 valence electrons. The normalized spacial score (nSPS) is 16.3. The number of aromatic nitrogens is 1. The third kappa shape index (κ3) is 3.13. The Morgan fingerprint density at radius 2 is 2.09 bits per heavy atom. The van der Waals surface area contributed by atoms with E-state index in [4.69, 9.17) is 0 Å². The van der Waals surface area contributed by atoms with Gasteiger partial charge in [0, 0.05) is 30.5 Å². The van der Waals surface area contributed by atoms with Crippen LogP contribution in [0.4, 0.5) is 5.69 Å². The summed E-state index contributed by atoms with van der Waals surface area (Å²) >= 11 is 0. The molecule has 1 aromatic heterocycles. The molecule has 0 aliphatic carbocycles. The van der Waals surface area contributed by atoms with E-state index < -0.39 is 0 Å². The van der Waals surface area contributed by atoms with Crippen LogP contribution in [-0.2, 0) is 6.42 Å². The molecule has 2 aromatic rings. The van der Waals surface area contributed by atoms with Gasteiger partial charge in [0.15, 0.2) is 0 Å². The second kappa shape index (κ2) is 6.28. The Kier molecular flexibility index (Phi) is 4.19. The molecule has 0 saturated heterocycles. The Balaban J connectivity index is 1.61. The van der Waals surface area contributed by atoms with Crippen molar-refractivity contribution >= 4 is 11.6 Å². The Labute approximate surface area is 135 Å². The second-order valence-corrected chi connectivity index (χ2v) is 6.02. The highest BCUT2D eigenvalue weighted by molar-refractivity contribution is 5.93. The monoisotopic (exact) mass is 311 g/mol. The number of para-hydroxylation sites is 1. The van der Waals surface area contributed by atoms with Gasteiger partial charge in [-0.05, 0) is 44.0 Å². The van der Waals surface area contributed by atoms with Crippen LogP contribution in [0.3, 0.4) is 0 Å². The summed E-state index contributed by atoms with van der Waals surface area (Å²) in [4.78, 5) is 28.9. The predicted octanol–water partition coefficient (Wildman–Crippen LogP) is 1.86. The number of anilines is 1. The van der Waals surface area contributed by atoms with Crippen molar-refractivity contribution in [3.05, 3.63) is 63.6 Å². The van der Waals surface area contributed by atoms with Crippen molar-refractivity contribution in [3.8, 4) is 0 Å². The molecule has 0 bridgehead atoms. The van der Waals surface area contributed by atoms with E-state index in [9.17, 15) is 9.59 Å². The van der Waals surface area contributed by atoms with Crippen molar-refractivity contribution in [1.82, 2.24) is 10.3 Å². The van der Waals surface area contributed by atoms with Crippen molar-refractivity contribution < 1.29 is 4.79 Å². The molecule has 2 heterocycles. The number of nitrogens with one attached hydrogen (secondary N) is 2. The second-order valence-electron chi connectivity index (χ2n) is 6.02. The number of carbonyl (C=O) groups excluding carboxylic acids is 1. The van der Waals surface area contributed by atoms with Gasteiger partial charge in [0.1, 0.15) is 5.56 Å². The quantitative estimate of drug-likeness (QED) is 0.906. The summed E-state index contributed by atoms with van der Waals surface area (Å²) in [6.45, 7) is 5.21. The van der Waals surface area contributed by atoms with Gasteiger partial charge in [-0.15, -0.1) is 0 Å². The first-order chi connectivity index (χ1) is 11.1. The number of nitrogens with zero attached hydrogens (tertiary/aromatic N) is 1. The number of pyridine rings is 1. The largest absolute Gasteiger partial charge is 0.367 e. The molecule has 5 nitrogen and oxygen atoms in total. The number of benzene rings is 1. The Morgan fingerprint density at radius 1 is 1.30 bits per heavy atom. The van der Waals surface area contributed by atoms with E-state index in [0.29, 0.717) is 12.6 Å². The summed E-state index contributed by atoms with van der Waals surface area (Å²) < 4.78 is 0. The maximum atomic E-state index is 12.1. The zero-order valence-corrected chi connectivity index (χ0v) is 13.4. The molecule has 1 atom stereocenters. The van der Waals surface area contributed by atoms with E-state index in [1.165, 1.54) is 11.3 Å². The molecular formula is C18H21N3O2. The number of rotatable bonds is 4. The molecule has 2 N–H and O–H groups in total. The molecular weight excluding hydrogens is 290 g/mol. The first kappa shape index (κ1) is 15.3. The minimum absolute atomic E-state index is 0.158. The smallest absolute Gasteiger partial charge is 0.260 e. The Bertz CT molecular complexity index is 782. The van der Waals surface area contributed by atoms with Crippen LogP contribution >= 0.6 is 0 Å². The van der Waals surface area contributed by atoms with Gasteiger partial charge >= 0.3 is 0 Å². The molecule has 1 aliphatic rings. The summed E-state index contributed by atoms with van der Waals surface area (Å²) in [6.07, 6.45) is 1.03. The molecule has 23 heavy (non-hydrogen) atoms. The number of amides is 1. The number of H-pyrrole nitrogens is 1. The molecule has 0 spiro atoms. The van der Waals surface area contributed by atoms with Gasteiger partial charge in [-0.25, -0.2) is 0 Å². The third-order valence-electron chi connectivity index (χ3n) is 4.29. The van der Waals surface area contributed by atoms with E-state index in [1.54, 1.807) is 19.1 Å². The van der Waals surface area contributed by atoms with E-state index in [1.807, 2.05) is 6.07 Å². The molecule has 0 saturated carbocycles. The summed E-state index contributed by atoms with van der Waals surface area (Å²) in [6, 6.07) is 12.1. The molecule has 1 unspecified atom stereocenters. The number of hydrogen-bond donors (Lipinski definition) is 2. The van der Waals surface area contributed by atoms with Gasteiger partial charge < -0.3 is 15.2 Å². The van der Waals surface area contributed by atoms with Gasteiger partial charge in [-0.1, -0.05) is 18.2 Å². The number of aryl methyl sites for hydroxylation is 1. The maximum absolute atomic E-state index is 12.1. The fraction of sp³-hybridized carbons (Fsp3) is 0.333. The van der Waals surface area contributed by atoms with Crippen LogP contribution in [0.2, 0.25) is 0 Å². The molecule has 1 amide bonds. The molecule has 1 aromatic carbocycles. The van der Waals surface area contributed by atoms with Crippen molar-refractivity contribution in [2.75, 3.05) is 18.0 Å². The lowest BCUT2D eigenvalue weighted by Gasteiger charge is -2.25. The summed E-state index contributed by atoms with van der Waals surface area (Å²) in [5.74, 6) is -0.327. The van der Waals surface area contributed by atoms with Crippen molar-refractivity contribution in [3.63, 3.8) is 0 Å². The van der Waals surface area contributed by atoms with Gasteiger partial charge in [0.2, 0.25) is 0 Å². The van der Waals surface area contributed by atoms with Crippen LogP contribution in [0.25, 0.3) is 0 Å². The van der Waals surface area contributed by atoms with E-state index in [0.717, 1.165) is 18.7 Å². The van der Waals surface area contributed by atoms with Crippen LogP contribution < -0.4 is 15.8 Å². The van der Waals surface area contributed by atoms with Crippen LogP contribution in [0, 0.1) is 6.92 Å². The minimum atomic E-state index is -0.345. The highest BCUT2D eigenvalue weighted by atomic mass is 16.2. The van der Waals surface area contributed by atoms with Crippen molar-refractivity contribution in [2.45, 2.75) is 26.3 Å². The summed E-state index contributed by atoms with van der Waals surface area (Å²) in [7, 11) is 0. The molecule has 3 rings (SSSR count). The summed E-state index contributed by atoms with van der Waals surface area (Å²) in [5.41, 5.74) is 3.14. The molecule has 0 radical (unpaired) electrons. The number of fused-ring (bicyclic) bond motifs is 1. The third-order valence-corrected chi connectivity index (χ3v) is 4.29. The van der Waals surface area contributed by atoms with Gasteiger partial charge in [-0.2, -0.15) is 0 Å². The fourth-order valence-electron chi connectivity index (χ4n) is 3.11. The van der Waals surface area contributed by atoms with Crippen LogP contribution in [0.5, 0.6) is 0 Å². The SMILES string of the molecule is Cc1ccc(C(=O)NCCN2c3ccccc3CC2C)c(=O)[nH]1. The van der Waals surface area contributed by atoms with Crippen molar-refractivity contribution in [1.29, 1.82) is 0 Å². The first-order valence-electron chi connectivity index (χ1n) is 7.89. The van der Waals surface area contributed by atoms with Crippen molar-refractivity contribution in [2.24, 2.45) is 0 Å². The van der Waals surface area contributed by atoms with Crippen LogP contribution in [0.15, 0.2) is 41.2 Å². The number of carbonyl (C=O) groups is 1. The molecule has 0 fully saturated rings. The lowest BCUT2D eigenvalue weighted by Crippen LogP contribution is -2.39. The van der Waals surface area contributed by atoms with Gasteiger partial charge in [-0.3, -0.25) is 9.59 Å². The number of aromatic amines is 1. The van der Waals surface area contributed by atoms with E-state index in [-0.39, 0.29) is 17.0 Å². The molecule has 1 aliphatic heterocycles. The maximum Gasteiger partial charge on any atom is 0.260 e. The lowest BCUT2D eigenvalue weighted by molar-refractivity contribution is 0.0953. The highest BCUT2D eigenvalue weighted by Gasteiger charge is 2.25. The zero-order valence-electron chi connectivity index (χ0n) is 13.4. The summed E-state index contributed by atoms with van der Waals surface area (Å²) in [5, 5.41) is 2.84. The topological polar surface area (TPSA) is 65.2 Å². The standard InChI is InChI=1S/C18H21N3O2/c1-12-7-8-15(18(23)20-12)17(22)19-9-10-21-13(2)11-14-5-3-4-6-16(14)21/h3-8,13H,9-11H2,1-2H3,(H,19,22)(H,20,23). The molecule has 5 heteroatoms. The van der Waals surface area contributed by atoms with E-state index in [2.05, 4.69) is 40.3 Å². The zero-order chi connectivity index (χ0) is 16.4. The number of hydrogen-bond acceptors (Lipinski definition) is 3. The van der Waals surface area contributed by atoms with Crippen LogP contribution in [0.1, 0.15) is 28.5 Å². The fourth-order valence-corrected chi connectivity index (χ4v) is 3.11. The van der Waals surface area contributed by atoms with Gasteiger partial charge in [0.25, 0.3) is 11.5 Å².